The highest BCUT2D eigenvalue weighted by molar-refractivity contribution is 7.80. The van der Waals surface area contributed by atoms with Crippen LogP contribution in [0.4, 0.5) is 0 Å². The van der Waals surface area contributed by atoms with Gasteiger partial charge in [0, 0.05) is 11.4 Å². The second kappa shape index (κ2) is 7.39. The molecule has 4 heteroatoms. The van der Waals surface area contributed by atoms with Crippen LogP contribution in [0.15, 0.2) is 54.6 Å². The molecule has 0 radical (unpaired) electrons. The van der Waals surface area contributed by atoms with Gasteiger partial charge < -0.3 is 0 Å². The minimum Gasteiger partial charge on any atom is -0.288 e. The van der Waals surface area contributed by atoms with Crippen LogP contribution >= 0.6 is 23.8 Å². The van der Waals surface area contributed by atoms with Crippen LogP contribution in [0.2, 0.25) is 5.02 Å². The maximum Gasteiger partial charge on any atom is 0.104 e. The Balaban J connectivity index is 1.83. The third kappa shape index (κ3) is 4.60. The molecule has 2 nitrogen and oxygen atoms in total. The summed E-state index contributed by atoms with van der Waals surface area (Å²) in [6, 6.07) is 17.4. The quantitative estimate of drug-likeness (QED) is 0.650. The first-order chi connectivity index (χ1) is 9.65. The van der Waals surface area contributed by atoms with E-state index in [4.69, 9.17) is 23.8 Å². The van der Waals surface area contributed by atoms with Gasteiger partial charge in [-0.1, -0.05) is 66.3 Å². The lowest BCUT2D eigenvalue weighted by Gasteiger charge is -2.17. The minimum absolute atomic E-state index is 0.417. The van der Waals surface area contributed by atoms with Crippen LogP contribution in [0.5, 0.6) is 0 Å². The van der Waals surface area contributed by atoms with Gasteiger partial charge in [0.25, 0.3) is 0 Å². The number of thiocarbonyl (C=S) groups is 1. The van der Waals surface area contributed by atoms with E-state index in [0.717, 1.165) is 27.6 Å². The number of hydrogen-bond acceptors (Lipinski definition) is 2. The zero-order chi connectivity index (χ0) is 14.4. The first-order valence-electron chi connectivity index (χ1n) is 6.43. The summed E-state index contributed by atoms with van der Waals surface area (Å²) in [7, 11) is 0. The zero-order valence-electron chi connectivity index (χ0n) is 11.0. The largest absolute Gasteiger partial charge is 0.288 e. The molecule has 2 aromatic rings. The van der Waals surface area contributed by atoms with Crippen LogP contribution in [0.3, 0.4) is 0 Å². The van der Waals surface area contributed by atoms with E-state index >= 15 is 0 Å². The van der Waals surface area contributed by atoms with Crippen LogP contribution in [0, 0.1) is 0 Å². The number of benzene rings is 2. The Hall–Kier alpha value is -1.42. The van der Waals surface area contributed by atoms with E-state index in [2.05, 4.69) is 0 Å². The smallest absolute Gasteiger partial charge is 0.104 e. The summed E-state index contributed by atoms with van der Waals surface area (Å²) in [5.74, 6) is 0. The van der Waals surface area contributed by atoms with Crippen molar-refractivity contribution in [1.29, 1.82) is 0 Å². The van der Waals surface area contributed by atoms with E-state index in [9.17, 15) is 5.21 Å². The summed E-state index contributed by atoms with van der Waals surface area (Å²) < 4.78 is 0. The Morgan fingerprint density at radius 3 is 2.30 bits per heavy atom. The van der Waals surface area contributed by atoms with E-state index in [-0.39, 0.29) is 0 Å². The number of rotatable bonds is 5. The molecule has 104 valence electrons. The van der Waals surface area contributed by atoms with Crippen molar-refractivity contribution in [3.63, 3.8) is 0 Å². The van der Waals surface area contributed by atoms with Crippen molar-refractivity contribution in [3.05, 3.63) is 70.7 Å². The normalized spacial score (nSPS) is 10.3. The van der Waals surface area contributed by atoms with Gasteiger partial charge >= 0.3 is 0 Å². The summed E-state index contributed by atoms with van der Waals surface area (Å²) in [5.41, 5.74) is 2.19. The molecule has 0 aliphatic carbocycles. The van der Waals surface area contributed by atoms with Crippen molar-refractivity contribution < 1.29 is 5.21 Å². The summed E-state index contributed by atoms with van der Waals surface area (Å²) >= 11 is 11.1. The van der Waals surface area contributed by atoms with E-state index in [1.54, 1.807) is 0 Å². The molecule has 0 amide bonds. The van der Waals surface area contributed by atoms with Gasteiger partial charge in [-0.2, -0.15) is 0 Å². The van der Waals surface area contributed by atoms with E-state index < -0.39 is 0 Å². The Morgan fingerprint density at radius 1 is 1.00 bits per heavy atom. The summed E-state index contributed by atoms with van der Waals surface area (Å²) in [5, 5.41) is 11.8. The Kier molecular flexibility index (Phi) is 5.53. The van der Waals surface area contributed by atoms with Gasteiger partial charge in [-0.25, -0.2) is 5.06 Å². The topological polar surface area (TPSA) is 23.5 Å². The number of halogens is 1. The second-order valence-electron chi connectivity index (χ2n) is 4.56. The van der Waals surface area contributed by atoms with Crippen LogP contribution < -0.4 is 0 Å². The fourth-order valence-electron chi connectivity index (χ4n) is 1.88. The molecule has 0 saturated carbocycles. The standard InChI is InChI=1S/C16H16ClNOS/c17-15-9-6-13(7-10-15)8-11-16(20)18(19)12-14-4-2-1-3-5-14/h1-7,9-10,19H,8,11-12H2. The number of hydrogen-bond donors (Lipinski definition) is 1. The molecule has 0 bridgehead atoms. The van der Waals surface area contributed by atoms with Gasteiger partial charge in [-0.3, -0.25) is 5.21 Å². The number of nitrogens with zero attached hydrogens (tertiary/aromatic N) is 1. The third-order valence-corrected chi connectivity index (χ3v) is 3.67. The predicted octanol–water partition coefficient (Wildman–Crippen LogP) is 4.49. The van der Waals surface area contributed by atoms with Crippen molar-refractivity contribution in [2.45, 2.75) is 19.4 Å². The highest BCUT2D eigenvalue weighted by atomic mass is 35.5. The van der Waals surface area contributed by atoms with Crippen molar-refractivity contribution in [2.24, 2.45) is 0 Å². The summed E-state index contributed by atoms with van der Waals surface area (Å²) in [6.45, 7) is 0.417. The molecular formula is C16H16ClNOS. The molecule has 0 aliphatic heterocycles. The molecule has 0 aliphatic rings. The Bertz CT molecular complexity index is 556. The Labute approximate surface area is 129 Å². The molecule has 0 aromatic heterocycles. The lowest BCUT2D eigenvalue weighted by molar-refractivity contribution is -0.0219. The van der Waals surface area contributed by atoms with Crippen molar-refractivity contribution >= 4 is 28.8 Å². The molecule has 2 aromatic carbocycles. The van der Waals surface area contributed by atoms with E-state index in [0.29, 0.717) is 18.0 Å². The first-order valence-corrected chi connectivity index (χ1v) is 7.21. The Morgan fingerprint density at radius 2 is 1.65 bits per heavy atom. The predicted molar refractivity (Wildman–Crippen MR) is 86.1 cm³/mol. The lowest BCUT2D eigenvalue weighted by atomic mass is 10.1. The summed E-state index contributed by atoms with van der Waals surface area (Å²) in [4.78, 5) is 0.545. The van der Waals surface area contributed by atoms with Gasteiger partial charge in [-0.15, -0.1) is 0 Å². The maximum absolute atomic E-state index is 9.96. The van der Waals surface area contributed by atoms with Crippen LogP contribution in [-0.2, 0) is 13.0 Å². The fraction of sp³-hybridized carbons (Fsp3) is 0.188. The maximum atomic E-state index is 9.96. The third-order valence-electron chi connectivity index (χ3n) is 3.00. The minimum atomic E-state index is 0.417. The molecule has 0 saturated heterocycles. The van der Waals surface area contributed by atoms with E-state index in [1.165, 1.54) is 0 Å². The molecule has 2 rings (SSSR count). The molecule has 0 atom stereocenters. The average Bonchev–Trinajstić information content (AvgIpc) is 2.47. The van der Waals surface area contributed by atoms with Gasteiger partial charge in [0.1, 0.15) is 4.99 Å². The highest BCUT2D eigenvalue weighted by Crippen LogP contribution is 2.12. The van der Waals surface area contributed by atoms with Gasteiger partial charge in [0.15, 0.2) is 0 Å². The molecular weight excluding hydrogens is 290 g/mol. The number of aryl methyl sites for hydroxylation is 1. The highest BCUT2D eigenvalue weighted by Gasteiger charge is 2.07. The van der Waals surface area contributed by atoms with Crippen molar-refractivity contribution in [3.8, 4) is 0 Å². The van der Waals surface area contributed by atoms with Gasteiger partial charge in [0.2, 0.25) is 0 Å². The van der Waals surface area contributed by atoms with E-state index in [1.807, 2.05) is 54.6 Å². The lowest BCUT2D eigenvalue weighted by Crippen LogP contribution is -2.25. The second-order valence-corrected chi connectivity index (χ2v) is 5.47. The van der Waals surface area contributed by atoms with Crippen molar-refractivity contribution in [1.82, 2.24) is 5.06 Å². The SMILES string of the molecule is ON(Cc1ccccc1)C(=S)CCc1ccc(Cl)cc1. The zero-order valence-corrected chi connectivity index (χ0v) is 12.6. The van der Waals surface area contributed by atoms with Crippen molar-refractivity contribution in [2.75, 3.05) is 0 Å². The van der Waals surface area contributed by atoms with Gasteiger partial charge in [0.05, 0.1) is 6.54 Å². The van der Waals surface area contributed by atoms with Crippen LogP contribution in [0.1, 0.15) is 17.5 Å². The molecule has 1 N–H and O–H groups in total. The molecule has 20 heavy (non-hydrogen) atoms. The van der Waals surface area contributed by atoms with Crippen LogP contribution in [-0.4, -0.2) is 15.3 Å². The monoisotopic (exact) mass is 305 g/mol. The average molecular weight is 306 g/mol. The molecule has 0 spiro atoms. The molecule has 0 fully saturated rings. The summed E-state index contributed by atoms with van der Waals surface area (Å²) in [6.07, 6.45) is 1.43. The first kappa shape index (κ1) is 15.0. The molecule has 0 heterocycles. The fourth-order valence-corrected chi connectivity index (χ4v) is 2.17. The number of hydroxylamine groups is 2. The van der Waals surface area contributed by atoms with Crippen LogP contribution in [0.25, 0.3) is 0 Å². The van der Waals surface area contributed by atoms with Gasteiger partial charge in [-0.05, 0) is 29.7 Å². The molecule has 0 unspecified atom stereocenters.